The Morgan fingerprint density at radius 1 is 0.672 bits per heavy atom. The number of hydrogen-bond acceptors (Lipinski definition) is 8. The highest BCUT2D eigenvalue weighted by molar-refractivity contribution is 5.80. The fourth-order valence-electron chi connectivity index (χ4n) is 8.62. The standard InChI is InChI=1S/C44H50N10O4/c55-41(19-32-22-45-27-49-32)53-15-7-8-38(53)43-47-24-36(51-43)30-11-9-29(10-12-30)31-13-14-35-37-25-48-44(52-37)39-21-34(26-54(39)42(56)20-33-23-46-28-50-33)57-16-5-3-1-2-4-6-17-58-40(35)18-31/h9-14,18,22-25,27-28,34,38-39H,1-8,15-17,19-21,26H2,(H,45,49)(H,46,50)(H,47,51)(H,48,52)/t34-,38-,39-/m0/s1. The van der Waals surface area contributed by atoms with Gasteiger partial charge in [0.05, 0.1) is 74.1 Å². The number of carbonyl (C=O) groups is 2. The van der Waals surface area contributed by atoms with Gasteiger partial charge in [-0.05, 0) is 54.5 Å². The van der Waals surface area contributed by atoms with Gasteiger partial charge in [0.15, 0.2) is 0 Å². The number of nitrogens with zero attached hydrogens (tertiary/aromatic N) is 6. The van der Waals surface area contributed by atoms with Gasteiger partial charge >= 0.3 is 0 Å². The number of amides is 2. The summed E-state index contributed by atoms with van der Waals surface area (Å²) in [5.41, 5.74) is 7.41. The summed E-state index contributed by atoms with van der Waals surface area (Å²) in [6.07, 6.45) is 19.9. The van der Waals surface area contributed by atoms with Crippen LogP contribution in [0.15, 0.2) is 79.9 Å². The maximum atomic E-state index is 13.6. The van der Waals surface area contributed by atoms with Crippen molar-refractivity contribution in [2.24, 2.45) is 0 Å². The number of imidazole rings is 4. The molecule has 3 aliphatic heterocycles. The average Bonchev–Trinajstić information content (AvgIpc) is 4.10. The molecule has 0 radical (unpaired) electrons. The van der Waals surface area contributed by atoms with Crippen molar-refractivity contribution in [3.63, 3.8) is 0 Å². The van der Waals surface area contributed by atoms with Gasteiger partial charge in [0.2, 0.25) is 11.8 Å². The molecule has 4 aromatic heterocycles. The molecule has 2 fully saturated rings. The molecular formula is C44H50N10O4. The van der Waals surface area contributed by atoms with Crippen molar-refractivity contribution in [3.05, 3.63) is 103 Å². The van der Waals surface area contributed by atoms with Crippen molar-refractivity contribution in [2.45, 2.75) is 88.8 Å². The van der Waals surface area contributed by atoms with Crippen LogP contribution < -0.4 is 4.74 Å². The normalized spacial score (nSPS) is 20.3. The minimum Gasteiger partial charge on any atom is -0.493 e. The smallest absolute Gasteiger partial charge is 0.229 e. The first-order valence-corrected chi connectivity index (χ1v) is 20.7. The molecule has 0 spiro atoms. The third-order valence-corrected chi connectivity index (χ3v) is 11.7. The maximum absolute atomic E-state index is 13.6. The van der Waals surface area contributed by atoms with Crippen LogP contribution >= 0.6 is 0 Å². The van der Waals surface area contributed by atoms with E-state index in [1.165, 1.54) is 6.42 Å². The lowest BCUT2D eigenvalue weighted by molar-refractivity contribution is -0.132. The number of aromatic amines is 4. The lowest BCUT2D eigenvalue weighted by Crippen LogP contribution is -2.33. The molecule has 9 rings (SSSR count). The van der Waals surface area contributed by atoms with Crippen molar-refractivity contribution < 1.29 is 19.1 Å². The largest absolute Gasteiger partial charge is 0.493 e. The Hall–Kier alpha value is -6.02. The molecule has 3 atom stereocenters. The van der Waals surface area contributed by atoms with Crippen LogP contribution in [0.5, 0.6) is 5.75 Å². The first kappa shape index (κ1) is 37.6. The summed E-state index contributed by atoms with van der Waals surface area (Å²) >= 11 is 0. The van der Waals surface area contributed by atoms with E-state index < -0.39 is 0 Å². The number of ether oxygens (including phenoxy) is 2. The number of carbonyl (C=O) groups excluding carboxylic acids is 2. The number of likely N-dealkylation sites (tertiary alicyclic amines) is 2. The number of nitrogens with one attached hydrogen (secondary N) is 4. The Kier molecular flexibility index (Phi) is 11.2. The van der Waals surface area contributed by atoms with Crippen molar-refractivity contribution in [2.75, 3.05) is 26.3 Å². The quantitative estimate of drug-likeness (QED) is 0.133. The molecule has 2 aromatic carbocycles. The minimum atomic E-state index is -0.228. The zero-order chi connectivity index (χ0) is 39.3. The van der Waals surface area contributed by atoms with Crippen molar-refractivity contribution in [3.8, 4) is 39.4 Å². The monoisotopic (exact) mass is 782 g/mol. The molecule has 58 heavy (non-hydrogen) atoms. The van der Waals surface area contributed by atoms with Gasteiger partial charge < -0.3 is 39.2 Å². The molecule has 4 N–H and O–H groups in total. The Morgan fingerprint density at radius 3 is 2.05 bits per heavy atom. The van der Waals surface area contributed by atoms with Crippen LogP contribution in [0.2, 0.25) is 0 Å². The second kappa shape index (κ2) is 17.2. The number of aromatic nitrogens is 8. The van der Waals surface area contributed by atoms with E-state index in [0.717, 1.165) is 114 Å². The van der Waals surface area contributed by atoms with Gasteiger partial charge in [0.1, 0.15) is 17.4 Å². The van der Waals surface area contributed by atoms with E-state index in [0.29, 0.717) is 32.6 Å². The van der Waals surface area contributed by atoms with Crippen molar-refractivity contribution >= 4 is 11.8 Å². The van der Waals surface area contributed by atoms with Gasteiger partial charge in [-0.1, -0.05) is 56.0 Å². The summed E-state index contributed by atoms with van der Waals surface area (Å²) in [5.74, 6) is 2.44. The first-order valence-electron chi connectivity index (χ1n) is 20.7. The average molecular weight is 783 g/mol. The first-order chi connectivity index (χ1) is 28.6. The van der Waals surface area contributed by atoms with E-state index in [1.54, 1.807) is 25.0 Å². The summed E-state index contributed by atoms with van der Waals surface area (Å²) in [6, 6.07) is 14.5. The number of hydrogen-bond donors (Lipinski definition) is 4. The van der Waals surface area contributed by atoms with Crippen LogP contribution in [0, 0.1) is 0 Å². The third-order valence-electron chi connectivity index (χ3n) is 11.7. The highest BCUT2D eigenvalue weighted by Crippen LogP contribution is 2.38. The summed E-state index contributed by atoms with van der Waals surface area (Å²) in [4.78, 5) is 61.5. The highest BCUT2D eigenvalue weighted by Gasteiger charge is 2.38. The lowest BCUT2D eigenvalue weighted by atomic mass is 10.00. The molecule has 6 aromatic rings. The number of H-pyrrole nitrogens is 4. The van der Waals surface area contributed by atoms with E-state index in [1.807, 2.05) is 22.2 Å². The van der Waals surface area contributed by atoms with Crippen molar-refractivity contribution in [1.82, 2.24) is 49.7 Å². The van der Waals surface area contributed by atoms with E-state index in [-0.39, 0.29) is 36.4 Å². The molecule has 0 saturated carbocycles. The molecule has 0 unspecified atom stereocenters. The summed E-state index contributed by atoms with van der Waals surface area (Å²) in [5, 5.41) is 0. The van der Waals surface area contributed by atoms with Gasteiger partial charge in [-0.15, -0.1) is 0 Å². The summed E-state index contributed by atoms with van der Waals surface area (Å²) in [6.45, 7) is 2.57. The molecule has 7 heterocycles. The molecule has 300 valence electrons. The summed E-state index contributed by atoms with van der Waals surface area (Å²) < 4.78 is 12.9. The van der Waals surface area contributed by atoms with Crippen LogP contribution in [0.25, 0.3) is 33.6 Å². The molecule has 0 aliphatic carbocycles. The third kappa shape index (κ3) is 8.33. The van der Waals surface area contributed by atoms with Gasteiger partial charge in [-0.3, -0.25) is 9.59 Å². The molecule has 2 amide bonds. The molecule has 14 heteroatoms. The second-order valence-electron chi connectivity index (χ2n) is 15.7. The van der Waals surface area contributed by atoms with Crippen LogP contribution in [0.4, 0.5) is 0 Å². The molecule has 14 nitrogen and oxygen atoms in total. The Morgan fingerprint density at radius 2 is 1.31 bits per heavy atom. The minimum absolute atomic E-state index is 0.0192. The Balaban J connectivity index is 0.939. The van der Waals surface area contributed by atoms with Gasteiger partial charge in [0, 0.05) is 55.5 Å². The maximum Gasteiger partial charge on any atom is 0.229 e. The van der Waals surface area contributed by atoms with E-state index in [2.05, 4.69) is 72.4 Å². The highest BCUT2D eigenvalue weighted by atomic mass is 16.5. The van der Waals surface area contributed by atoms with Gasteiger partial charge in [-0.25, -0.2) is 19.9 Å². The SMILES string of the molecule is O=C(Cc1cnc[nH]1)N1CCC[C@H]1c1ncc(-c2ccc(-c3ccc4c(c3)OCCCCCCCCO[C@H]3C[C@@H](c5ncc-4[nH]5)N(C(=O)Cc4cnc[nH]4)C3)cc2)[nH]1. The van der Waals surface area contributed by atoms with Crippen LogP contribution in [-0.4, -0.2) is 93.9 Å². The molecule has 2 saturated heterocycles. The molecule has 3 aliphatic rings. The van der Waals surface area contributed by atoms with Crippen LogP contribution in [-0.2, 0) is 27.2 Å². The van der Waals surface area contributed by atoms with E-state index in [9.17, 15) is 9.59 Å². The predicted octanol–water partition coefficient (Wildman–Crippen LogP) is 7.12. The molecule has 4 bridgehead atoms. The summed E-state index contributed by atoms with van der Waals surface area (Å²) in [7, 11) is 0. The Bertz CT molecular complexity index is 2280. The zero-order valence-electron chi connectivity index (χ0n) is 32.7. The van der Waals surface area contributed by atoms with Gasteiger partial charge in [-0.2, -0.15) is 0 Å². The predicted molar refractivity (Wildman–Crippen MR) is 217 cm³/mol. The fraction of sp³-hybridized carbons (Fsp3) is 0.409. The lowest BCUT2D eigenvalue weighted by Gasteiger charge is -2.23. The fourth-order valence-corrected chi connectivity index (χ4v) is 8.62. The topological polar surface area (TPSA) is 174 Å². The molecular weight excluding hydrogens is 733 g/mol. The second-order valence-corrected chi connectivity index (χ2v) is 15.7. The van der Waals surface area contributed by atoms with Crippen LogP contribution in [0.3, 0.4) is 0 Å². The van der Waals surface area contributed by atoms with Gasteiger partial charge in [0.25, 0.3) is 0 Å². The van der Waals surface area contributed by atoms with E-state index >= 15 is 0 Å². The van der Waals surface area contributed by atoms with Crippen LogP contribution in [0.1, 0.15) is 92.9 Å². The number of fused-ring (bicyclic) bond motifs is 7. The number of benzene rings is 2. The Labute approximate surface area is 337 Å². The van der Waals surface area contributed by atoms with Crippen molar-refractivity contribution in [1.29, 1.82) is 0 Å². The zero-order valence-corrected chi connectivity index (χ0v) is 32.7. The van der Waals surface area contributed by atoms with E-state index in [4.69, 9.17) is 19.4 Å². The number of rotatable bonds is 7.